The Kier molecular flexibility index (Phi) is 8.60. The van der Waals surface area contributed by atoms with Crippen LogP contribution in [-0.2, 0) is 4.79 Å². The Hall–Kier alpha value is -3.65. The van der Waals surface area contributed by atoms with Crippen molar-refractivity contribution in [1.29, 1.82) is 0 Å². The van der Waals surface area contributed by atoms with E-state index in [9.17, 15) is 9.59 Å². The molecule has 33 heavy (non-hydrogen) atoms. The molecule has 0 aliphatic heterocycles. The summed E-state index contributed by atoms with van der Waals surface area (Å²) < 4.78 is 11.9. The fourth-order valence-electron chi connectivity index (χ4n) is 3.21. The molecule has 2 aromatic carbocycles. The van der Waals surface area contributed by atoms with Crippen molar-refractivity contribution >= 4 is 38.9 Å². The summed E-state index contributed by atoms with van der Waals surface area (Å²) in [5, 5.41) is 10.1. The summed E-state index contributed by atoms with van der Waals surface area (Å²) >= 11 is 1.63. The molecule has 172 valence electrons. The summed E-state index contributed by atoms with van der Waals surface area (Å²) in [7, 11) is 1.51. The van der Waals surface area contributed by atoms with Gasteiger partial charge in [-0.3, -0.25) is 9.59 Å². The number of hydrogen-bond donors (Lipinski definition) is 2. The van der Waals surface area contributed by atoms with E-state index in [1.807, 2.05) is 36.6 Å². The van der Waals surface area contributed by atoms with Crippen LogP contribution in [0.25, 0.3) is 10.1 Å². The first-order chi connectivity index (χ1) is 16.1. The van der Waals surface area contributed by atoms with Gasteiger partial charge in [0, 0.05) is 26.6 Å². The maximum atomic E-state index is 12.5. The van der Waals surface area contributed by atoms with Crippen LogP contribution in [0.5, 0.6) is 11.5 Å². The highest BCUT2D eigenvalue weighted by Gasteiger charge is 2.13. The number of fused-ring (bicyclic) bond motifs is 1. The first kappa shape index (κ1) is 24.0. The fourth-order valence-corrected chi connectivity index (χ4v) is 4.18. The third kappa shape index (κ3) is 6.20. The molecular formula is C25H27N3O4S. The molecule has 3 aromatic rings. The second kappa shape index (κ2) is 11.8. The Bertz CT molecular complexity index is 1170. The highest BCUT2D eigenvalue weighted by atomic mass is 32.1. The van der Waals surface area contributed by atoms with Gasteiger partial charge in [0.05, 0.1) is 26.0 Å². The SMILES string of the molecule is C=CCCC(=NNC(=O)CNC(=O)c1ccc(OCC)c(OC)c1)c1csc2ccccc12. The molecule has 0 unspecified atom stereocenters. The maximum Gasteiger partial charge on any atom is 0.259 e. The number of benzene rings is 2. The first-order valence-corrected chi connectivity index (χ1v) is 11.5. The van der Waals surface area contributed by atoms with Crippen LogP contribution in [0.4, 0.5) is 0 Å². The van der Waals surface area contributed by atoms with Gasteiger partial charge < -0.3 is 14.8 Å². The smallest absolute Gasteiger partial charge is 0.259 e. The van der Waals surface area contributed by atoms with Gasteiger partial charge in [0.2, 0.25) is 0 Å². The average molecular weight is 466 g/mol. The van der Waals surface area contributed by atoms with Crippen molar-refractivity contribution in [3.8, 4) is 11.5 Å². The van der Waals surface area contributed by atoms with Gasteiger partial charge >= 0.3 is 0 Å². The Morgan fingerprint density at radius 3 is 2.76 bits per heavy atom. The van der Waals surface area contributed by atoms with Crippen molar-refractivity contribution in [3.63, 3.8) is 0 Å². The van der Waals surface area contributed by atoms with E-state index >= 15 is 0 Å². The van der Waals surface area contributed by atoms with Crippen LogP contribution < -0.4 is 20.2 Å². The van der Waals surface area contributed by atoms with Crippen LogP contribution in [0.2, 0.25) is 0 Å². The molecule has 3 rings (SSSR count). The van der Waals surface area contributed by atoms with Crippen molar-refractivity contribution in [3.05, 3.63) is 71.6 Å². The van der Waals surface area contributed by atoms with Gasteiger partial charge in [-0.05, 0) is 44.0 Å². The Balaban J connectivity index is 1.65. The number of carbonyl (C=O) groups is 2. The number of amides is 2. The van der Waals surface area contributed by atoms with Crippen molar-refractivity contribution in [2.75, 3.05) is 20.3 Å². The number of thiophene rings is 1. The Morgan fingerprint density at radius 1 is 1.18 bits per heavy atom. The predicted octanol–water partition coefficient (Wildman–Crippen LogP) is 4.53. The van der Waals surface area contributed by atoms with E-state index in [2.05, 4.69) is 28.5 Å². The van der Waals surface area contributed by atoms with Gasteiger partial charge in [0.25, 0.3) is 11.8 Å². The van der Waals surface area contributed by atoms with Crippen LogP contribution >= 0.6 is 11.3 Å². The van der Waals surface area contributed by atoms with Crippen molar-refractivity contribution in [2.45, 2.75) is 19.8 Å². The Labute approximate surface area is 197 Å². The van der Waals surface area contributed by atoms with Crippen LogP contribution in [0.15, 0.2) is 65.6 Å². The molecule has 1 heterocycles. The molecular weight excluding hydrogens is 438 g/mol. The highest BCUT2D eigenvalue weighted by Crippen LogP contribution is 2.28. The normalized spacial score (nSPS) is 11.2. The molecule has 0 fully saturated rings. The van der Waals surface area contributed by atoms with Gasteiger partial charge in [0.15, 0.2) is 11.5 Å². The second-order valence-corrected chi connectivity index (χ2v) is 7.96. The molecule has 0 atom stereocenters. The zero-order chi connectivity index (χ0) is 23.6. The molecule has 0 aliphatic carbocycles. The molecule has 2 N–H and O–H groups in total. The van der Waals surface area contributed by atoms with Gasteiger partial charge in [-0.1, -0.05) is 24.3 Å². The number of ether oxygens (including phenoxy) is 2. The van der Waals surface area contributed by atoms with Crippen LogP contribution in [0.3, 0.4) is 0 Å². The molecule has 8 heteroatoms. The number of rotatable bonds is 11. The van der Waals surface area contributed by atoms with Gasteiger partial charge in [-0.2, -0.15) is 5.10 Å². The number of allylic oxidation sites excluding steroid dienone is 1. The lowest BCUT2D eigenvalue weighted by Crippen LogP contribution is -2.35. The third-order valence-electron chi connectivity index (χ3n) is 4.83. The summed E-state index contributed by atoms with van der Waals surface area (Å²) in [6.07, 6.45) is 3.19. The molecule has 0 aliphatic rings. The third-order valence-corrected chi connectivity index (χ3v) is 5.79. The quantitative estimate of drug-likeness (QED) is 0.247. The Morgan fingerprint density at radius 2 is 2.00 bits per heavy atom. The zero-order valence-corrected chi connectivity index (χ0v) is 19.5. The van der Waals surface area contributed by atoms with E-state index in [0.717, 1.165) is 27.8 Å². The lowest BCUT2D eigenvalue weighted by atomic mass is 10.0. The van der Waals surface area contributed by atoms with Gasteiger partial charge in [0.1, 0.15) is 0 Å². The summed E-state index contributed by atoms with van der Waals surface area (Å²) in [6.45, 7) is 5.91. The minimum absolute atomic E-state index is 0.211. The minimum Gasteiger partial charge on any atom is -0.493 e. The molecule has 2 amide bonds. The number of carbonyl (C=O) groups excluding carboxylic acids is 2. The summed E-state index contributed by atoms with van der Waals surface area (Å²) in [4.78, 5) is 24.8. The minimum atomic E-state index is -0.420. The lowest BCUT2D eigenvalue weighted by molar-refractivity contribution is -0.120. The molecule has 0 saturated carbocycles. The standard InChI is InChI=1S/C25H27N3O4S/c1-4-6-10-20(19-16-33-23-11-8-7-9-18(19)23)27-28-24(29)15-26-25(30)17-12-13-21(32-5-2)22(14-17)31-3/h4,7-9,11-14,16H,1,5-6,10,15H2,2-3H3,(H,26,30)(H,28,29). The zero-order valence-electron chi connectivity index (χ0n) is 18.7. The molecule has 0 saturated heterocycles. The van der Waals surface area contributed by atoms with E-state index in [1.54, 1.807) is 29.5 Å². The van der Waals surface area contributed by atoms with E-state index in [1.165, 1.54) is 7.11 Å². The average Bonchev–Trinajstić information content (AvgIpc) is 3.27. The summed E-state index contributed by atoms with van der Waals surface area (Å²) in [5.41, 5.74) is 4.68. The number of hydrazone groups is 1. The van der Waals surface area contributed by atoms with E-state index in [4.69, 9.17) is 9.47 Å². The second-order valence-electron chi connectivity index (χ2n) is 7.05. The number of nitrogens with one attached hydrogen (secondary N) is 2. The predicted molar refractivity (Wildman–Crippen MR) is 132 cm³/mol. The first-order valence-electron chi connectivity index (χ1n) is 10.6. The molecule has 0 radical (unpaired) electrons. The number of hydrogen-bond acceptors (Lipinski definition) is 6. The number of methoxy groups -OCH3 is 1. The molecule has 7 nitrogen and oxygen atoms in total. The van der Waals surface area contributed by atoms with Gasteiger partial charge in [-0.15, -0.1) is 17.9 Å². The topological polar surface area (TPSA) is 89.0 Å². The molecule has 0 bridgehead atoms. The van der Waals surface area contributed by atoms with E-state index < -0.39 is 11.8 Å². The molecule has 0 spiro atoms. The van der Waals surface area contributed by atoms with Crippen LogP contribution in [-0.4, -0.2) is 37.8 Å². The largest absolute Gasteiger partial charge is 0.493 e. The van der Waals surface area contributed by atoms with Crippen molar-refractivity contribution < 1.29 is 19.1 Å². The summed E-state index contributed by atoms with van der Waals surface area (Å²) in [6, 6.07) is 12.9. The lowest BCUT2D eigenvalue weighted by Gasteiger charge is -2.11. The van der Waals surface area contributed by atoms with E-state index in [0.29, 0.717) is 30.1 Å². The van der Waals surface area contributed by atoms with Crippen molar-refractivity contribution in [1.82, 2.24) is 10.7 Å². The van der Waals surface area contributed by atoms with Crippen LogP contribution in [0.1, 0.15) is 35.7 Å². The maximum absolute atomic E-state index is 12.5. The number of nitrogens with zero attached hydrogens (tertiary/aromatic N) is 1. The van der Waals surface area contributed by atoms with E-state index in [-0.39, 0.29) is 6.54 Å². The fraction of sp³-hybridized carbons (Fsp3) is 0.240. The monoisotopic (exact) mass is 465 g/mol. The highest BCUT2D eigenvalue weighted by molar-refractivity contribution is 7.17. The summed E-state index contributed by atoms with van der Waals surface area (Å²) in [5.74, 6) is 0.188. The van der Waals surface area contributed by atoms with Crippen molar-refractivity contribution in [2.24, 2.45) is 5.10 Å². The molecule has 1 aromatic heterocycles. The van der Waals surface area contributed by atoms with Crippen LogP contribution in [0, 0.1) is 0 Å². The van der Waals surface area contributed by atoms with Gasteiger partial charge in [-0.25, -0.2) is 5.43 Å².